The predicted molar refractivity (Wildman–Crippen MR) is 114 cm³/mol. The van der Waals surface area contributed by atoms with Gasteiger partial charge in [0.25, 0.3) is 5.91 Å². The van der Waals surface area contributed by atoms with Crippen LogP contribution in [0.25, 0.3) is 0 Å². The highest BCUT2D eigenvalue weighted by Gasteiger charge is 2.16. The zero-order chi connectivity index (χ0) is 20.9. The second kappa shape index (κ2) is 9.54. The van der Waals surface area contributed by atoms with Crippen molar-refractivity contribution in [1.29, 1.82) is 0 Å². The van der Waals surface area contributed by atoms with Gasteiger partial charge in [-0.3, -0.25) is 4.79 Å². The van der Waals surface area contributed by atoms with E-state index in [2.05, 4.69) is 26.0 Å². The summed E-state index contributed by atoms with van der Waals surface area (Å²) >= 11 is 3.43. The number of benzene rings is 2. The van der Waals surface area contributed by atoms with Crippen LogP contribution in [0.3, 0.4) is 0 Å². The summed E-state index contributed by atoms with van der Waals surface area (Å²) in [5, 5.41) is 2.85. The van der Waals surface area contributed by atoms with Crippen molar-refractivity contribution in [2.24, 2.45) is 0 Å². The summed E-state index contributed by atoms with van der Waals surface area (Å²) in [6.07, 6.45) is 0.701. The molecule has 0 radical (unpaired) electrons. The van der Waals surface area contributed by atoms with Crippen LogP contribution in [-0.4, -0.2) is 27.0 Å². The number of aryl methyl sites for hydroxylation is 2. The van der Waals surface area contributed by atoms with Crippen LogP contribution in [0, 0.1) is 13.8 Å². The van der Waals surface area contributed by atoms with Crippen molar-refractivity contribution in [3.8, 4) is 5.75 Å². The summed E-state index contributed by atoms with van der Waals surface area (Å²) in [6.45, 7) is 7.38. The third-order valence-corrected chi connectivity index (χ3v) is 6.30. The minimum Gasteiger partial charge on any atom is -0.484 e. The Kier molecular flexibility index (Phi) is 7.63. The Hall–Kier alpha value is -1.90. The molecule has 0 aliphatic heterocycles. The maximum Gasteiger partial charge on any atom is 0.262 e. The van der Waals surface area contributed by atoms with Crippen LogP contribution in [0.2, 0.25) is 0 Å². The third-order valence-electron chi connectivity index (χ3n) is 4.23. The normalized spacial score (nSPS) is 12.5. The fourth-order valence-electron chi connectivity index (χ4n) is 2.56. The van der Waals surface area contributed by atoms with E-state index in [0.717, 1.165) is 21.3 Å². The lowest BCUT2D eigenvalue weighted by molar-refractivity contribution is -0.118. The molecule has 0 saturated heterocycles. The summed E-state index contributed by atoms with van der Waals surface area (Å²) in [7, 11) is -3.56. The number of sulfonamides is 1. The molecule has 2 aromatic rings. The molecule has 1 atom stereocenters. The topological polar surface area (TPSA) is 84.5 Å². The van der Waals surface area contributed by atoms with Crippen LogP contribution in [0.5, 0.6) is 5.75 Å². The molecule has 2 N–H and O–H groups in total. The van der Waals surface area contributed by atoms with E-state index in [9.17, 15) is 13.2 Å². The van der Waals surface area contributed by atoms with Gasteiger partial charge in [0.15, 0.2) is 6.61 Å². The van der Waals surface area contributed by atoms with Crippen LogP contribution < -0.4 is 14.8 Å². The van der Waals surface area contributed by atoms with Gasteiger partial charge in [-0.05, 0) is 74.7 Å². The van der Waals surface area contributed by atoms with Gasteiger partial charge in [0, 0.05) is 16.2 Å². The van der Waals surface area contributed by atoms with Gasteiger partial charge in [-0.15, -0.1) is 0 Å². The summed E-state index contributed by atoms with van der Waals surface area (Å²) in [5.74, 6) is 0.130. The minimum absolute atomic E-state index is 0.143. The smallest absolute Gasteiger partial charge is 0.262 e. The van der Waals surface area contributed by atoms with Crippen LogP contribution in [-0.2, 0) is 14.8 Å². The van der Waals surface area contributed by atoms with E-state index in [4.69, 9.17) is 4.74 Å². The first kappa shape index (κ1) is 22.4. The Balaban J connectivity index is 1.97. The van der Waals surface area contributed by atoms with Gasteiger partial charge in [0.1, 0.15) is 5.75 Å². The first-order valence-electron chi connectivity index (χ1n) is 8.94. The monoisotopic (exact) mass is 468 g/mol. The van der Waals surface area contributed by atoms with E-state index in [-0.39, 0.29) is 23.5 Å². The Labute approximate surface area is 174 Å². The maximum absolute atomic E-state index is 12.3. The average Bonchev–Trinajstić information content (AvgIpc) is 2.63. The number of anilines is 1. The van der Waals surface area contributed by atoms with Gasteiger partial charge in [0.2, 0.25) is 10.0 Å². The molecule has 0 heterocycles. The number of halogens is 1. The number of hydrogen-bond acceptors (Lipinski definition) is 4. The highest BCUT2D eigenvalue weighted by molar-refractivity contribution is 9.10. The first-order chi connectivity index (χ1) is 13.1. The molecule has 0 fully saturated rings. The second-order valence-electron chi connectivity index (χ2n) is 6.65. The van der Waals surface area contributed by atoms with Crippen molar-refractivity contribution in [2.45, 2.75) is 45.1 Å². The maximum atomic E-state index is 12.3. The molecule has 152 valence electrons. The van der Waals surface area contributed by atoms with Crippen LogP contribution >= 0.6 is 15.9 Å². The lowest BCUT2D eigenvalue weighted by atomic mass is 10.1. The second-order valence-corrected chi connectivity index (χ2v) is 9.28. The van der Waals surface area contributed by atoms with E-state index >= 15 is 0 Å². The Bertz CT molecular complexity index is 920. The highest BCUT2D eigenvalue weighted by Crippen LogP contribution is 2.25. The molecular formula is C20H25BrN2O4S. The molecule has 1 amide bonds. The molecule has 6 nitrogen and oxygen atoms in total. The van der Waals surface area contributed by atoms with Crippen LogP contribution in [0.4, 0.5) is 5.69 Å². The Morgan fingerprint density at radius 2 is 1.71 bits per heavy atom. The van der Waals surface area contributed by atoms with Gasteiger partial charge in [-0.25, -0.2) is 13.1 Å². The third kappa shape index (κ3) is 6.05. The summed E-state index contributed by atoms with van der Waals surface area (Å²) in [4.78, 5) is 12.4. The van der Waals surface area contributed by atoms with E-state index in [0.29, 0.717) is 12.2 Å². The molecular weight excluding hydrogens is 444 g/mol. The zero-order valence-electron chi connectivity index (χ0n) is 16.4. The quantitative estimate of drug-likeness (QED) is 0.608. The van der Waals surface area contributed by atoms with E-state index < -0.39 is 10.0 Å². The molecule has 0 aliphatic carbocycles. The summed E-state index contributed by atoms with van der Waals surface area (Å²) < 4.78 is 33.5. The van der Waals surface area contributed by atoms with Crippen molar-refractivity contribution in [3.63, 3.8) is 0 Å². The van der Waals surface area contributed by atoms with E-state index in [1.165, 1.54) is 24.3 Å². The number of nitrogens with one attached hydrogen (secondary N) is 2. The number of carbonyl (C=O) groups excluding carboxylic acids is 1. The van der Waals surface area contributed by atoms with Crippen molar-refractivity contribution < 1.29 is 17.9 Å². The van der Waals surface area contributed by atoms with Gasteiger partial charge in [-0.2, -0.15) is 0 Å². The SMILES string of the molecule is CCC(C)NS(=O)(=O)c1ccc(OCC(=O)Nc2c(C)cc(Br)cc2C)cc1. The van der Waals surface area contributed by atoms with Crippen LogP contribution in [0.1, 0.15) is 31.4 Å². The fourth-order valence-corrected chi connectivity index (χ4v) is 4.58. The number of hydrogen-bond donors (Lipinski definition) is 2. The Morgan fingerprint density at radius 1 is 1.14 bits per heavy atom. The Morgan fingerprint density at radius 3 is 2.25 bits per heavy atom. The number of carbonyl (C=O) groups is 1. The average molecular weight is 469 g/mol. The molecule has 2 aromatic carbocycles. The minimum atomic E-state index is -3.56. The van der Waals surface area contributed by atoms with Crippen molar-refractivity contribution >= 4 is 37.5 Å². The van der Waals surface area contributed by atoms with E-state index in [1.807, 2.05) is 39.8 Å². The van der Waals surface area contributed by atoms with Gasteiger partial charge in [-0.1, -0.05) is 22.9 Å². The molecule has 2 rings (SSSR count). The molecule has 0 aliphatic rings. The molecule has 0 aromatic heterocycles. The number of ether oxygens (including phenoxy) is 1. The van der Waals surface area contributed by atoms with Gasteiger partial charge < -0.3 is 10.1 Å². The molecule has 1 unspecified atom stereocenters. The van der Waals surface area contributed by atoms with Crippen molar-refractivity contribution in [1.82, 2.24) is 4.72 Å². The molecule has 8 heteroatoms. The largest absolute Gasteiger partial charge is 0.484 e. The summed E-state index contributed by atoms with van der Waals surface area (Å²) in [5.41, 5.74) is 2.65. The number of rotatable bonds is 8. The molecule has 0 saturated carbocycles. The fraction of sp³-hybridized carbons (Fsp3) is 0.350. The molecule has 0 spiro atoms. The lowest BCUT2D eigenvalue weighted by Crippen LogP contribution is -2.31. The first-order valence-corrected chi connectivity index (χ1v) is 11.2. The summed E-state index contributed by atoms with van der Waals surface area (Å²) in [6, 6.07) is 9.70. The van der Waals surface area contributed by atoms with E-state index in [1.54, 1.807) is 0 Å². The highest BCUT2D eigenvalue weighted by atomic mass is 79.9. The van der Waals surface area contributed by atoms with Gasteiger partial charge >= 0.3 is 0 Å². The van der Waals surface area contributed by atoms with Gasteiger partial charge in [0.05, 0.1) is 4.90 Å². The van der Waals surface area contributed by atoms with Crippen molar-refractivity contribution in [2.75, 3.05) is 11.9 Å². The predicted octanol–water partition coefficient (Wildman–Crippen LogP) is 4.16. The zero-order valence-corrected chi connectivity index (χ0v) is 18.8. The number of amides is 1. The standard InChI is InChI=1S/C20H25BrN2O4S/c1-5-15(4)23-28(25,26)18-8-6-17(7-9-18)27-12-19(24)22-20-13(2)10-16(21)11-14(20)3/h6-11,15,23H,5,12H2,1-4H3,(H,22,24). The molecule has 0 bridgehead atoms. The van der Waals surface area contributed by atoms with Crippen molar-refractivity contribution in [3.05, 3.63) is 52.0 Å². The lowest BCUT2D eigenvalue weighted by Gasteiger charge is -2.14. The van der Waals surface area contributed by atoms with Crippen LogP contribution in [0.15, 0.2) is 45.8 Å². The molecule has 28 heavy (non-hydrogen) atoms.